The van der Waals surface area contributed by atoms with Crippen molar-refractivity contribution < 1.29 is 13.5 Å². The molecule has 120 valence electrons. The lowest BCUT2D eigenvalue weighted by Gasteiger charge is -2.35. The van der Waals surface area contributed by atoms with Crippen LogP contribution in [-0.4, -0.2) is 55.5 Å². The van der Waals surface area contributed by atoms with Crippen LogP contribution in [0.15, 0.2) is 14.7 Å². The average molecular weight is 397 g/mol. The van der Waals surface area contributed by atoms with Gasteiger partial charge in [-0.3, -0.25) is 0 Å². The zero-order valence-corrected chi connectivity index (χ0v) is 15.5. The van der Waals surface area contributed by atoms with E-state index in [1.807, 2.05) is 0 Å². The zero-order valence-electron chi connectivity index (χ0n) is 12.2. The number of thiophene rings is 1. The maximum atomic E-state index is 12.7. The molecule has 1 aromatic heterocycles. The molecule has 0 amide bonds. The van der Waals surface area contributed by atoms with Crippen molar-refractivity contribution in [1.29, 1.82) is 0 Å². The molecule has 2 heterocycles. The predicted octanol–water partition coefficient (Wildman–Crippen LogP) is 2.11. The van der Waals surface area contributed by atoms with Crippen LogP contribution in [0, 0.1) is 0 Å². The van der Waals surface area contributed by atoms with Crippen LogP contribution in [-0.2, 0) is 16.6 Å². The Morgan fingerprint density at radius 1 is 1.48 bits per heavy atom. The van der Waals surface area contributed by atoms with Gasteiger partial charge in [0.25, 0.3) is 0 Å². The monoisotopic (exact) mass is 396 g/mol. The van der Waals surface area contributed by atoms with Gasteiger partial charge in [0.15, 0.2) is 0 Å². The fourth-order valence-electron chi connectivity index (χ4n) is 2.60. The molecule has 1 aliphatic heterocycles. The molecule has 0 unspecified atom stereocenters. The second kappa shape index (κ2) is 7.06. The Balaban J connectivity index is 2.17. The van der Waals surface area contributed by atoms with E-state index in [1.54, 1.807) is 13.1 Å². The first-order valence-electron chi connectivity index (χ1n) is 6.99. The van der Waals surface area contributed by atoms with Gasteiger partial charge < -0.3 is 10.0 Å². The Kier molecular flexibility index (Phi) is 5.84. The molecule has 0 atom stereocenters. The fraction of sp³-hybridized carbons (Fsp3) is 0.692. The first-order chi connectivity index (χ1) is 9.90. The molecule has 5 nitrogen and oxygen atoms in total. The Labute approximate surface area is 138 Å². The van der Waals surface area contributed by atoms with Gasteiger partial charge in [0, 0.05) is 18.0 Å². The van der Waals surface area contributed by atoms with Crippen LogP contribution in [0.4, 0.5) is 0 Å². The third-order valence-electron chi connectivity index (χ3n) is 4.04. The molecule has 1 N–H and O–H groups in total. The predicted molar refractivity (Wildman–Crippen MR) is 88.0 cm³/mol. The summed E-state index contributed by atoms with van der Waals surface area (Å²) in [4.78, 5) is 3.24. The second-order valence-corrected chi connectivity index (χ2v) is 9.62. The first kappa shape index (κ1) is 17.4. The van der Waals surface area contributed by atoms with Crippen LogP contribution in [0.25, 0.3) is 0 Å². The minimum Gasteiger partial charge on any atom is -0.391 e. The lowest BCUT2D eigenvalue weighted by molar-refractivity contribution is 0.176. The van der Waals surface area contributed by atoms with Gasteiger partial charge in [0.05, 0.1) is 10.4 Å². The highest BCUT2D eigenvalue weighted by Gasteiger charge is 2.32. The van der Waals surface area contributed by atoms with Crippen LogP contribution in [0.5, 0.6) is 0 Å². The van der Waals surface area contributed by atoms with E-state index < -0.39 is 10.0 Å². The lowest BCUT2D eigenvalue weighted by atomic mass is 10.1. The number of hydrogen-bond donors (Lipinski definition) is 1. The number of halogens is 1. The number of likely N-dealkylation sites (tertiary alicyclic amines) is 1. The van der Waals surface area contributed by atoms with Gasteiger partial charge in [-0.15, -0.1) is 11.3 Å². The Morgan fingerprint density at radius 3 is 2.57 bits per heavy atom. The van der Waals surface area contributed by atoms with Crippen molar-refractivity contribution in [3.05, 3.63) is 14.7 Å². The minimum atomic E-state index is -3.52. The third kappa shape index (κ3) is 3.68. The fourth-order valence-corrected chi connectivity index (χ4v) is 6.51. The highest BCUT2D eigenvalue weighted by atomic mass is 79.9. The van der Waals surface area contributed by atoms with E-state index in [2.05, 4.69) is 27.8 Å². The number of nitrogens with zero attached hydrogens (tertiary/aromatic N) is 2. The van der Waals surface area contributed by atoms with Crippen molar-refractivity contribution in [2.24, 2.45) is 0 Å². The van der Waals surface area contributed by atoms with Crippen LogP contribution in [0.3, 0.4) is 0 Å². The van der Waals surface area contributed by atoms with Crippen LogP contribution in [0.2, 0.25) is 0 Å². The molecule has 1 aromatic rings. The third-order valence-corrected chi connectivity index (χ3v) is 8.18. The summed E-state index contributed by atoms with van der Waals surface area (Å²) >= 11 is 4.56. The molecule has 1 aliphatic rings. The number of hydrogen-bond acceptors (Lipinski definition) is 5. The average Bonchev–Trinajstić information content (AvgIpc) is 2.88. The van der Waals surface area contributed by atoms with E-state index >= 15 is 0 Å². The Morgan fingerprint density at radius 2 is 2.10 bits per heavy atom. The van der Waals surface area contributed by atoms with Gasteiger partial charge in [0.2, 0.25) is 10.0 Å². The van der Waals surface area contributed by atoms with Crippen molar-refractivity contribution in [3.8, 4) is 0 Å². The summed E-state index contributed by atoms with van der Waals surface area (Å²) in [5, 5.41) is 9.16. The van der Waals surface area contributed by atoms with Gasteiger partial charge >= 0.3 is 0 Å². The van der Waals surface area contributed by atoms with Gasteiger partial charge in [-0.25, -0.2) is 8.42 Å². The summed E-state index contributed by atoms with van der Waals surface area (Å²) < 4.78 is 27.5. The molecule has 0 bridgehead atoms. The van der Waals surface area contributed by atoms with Gasteiger partial charge in [0.1, 0.15) is 4.90 Å². The largest absolute Gasteiger partial charge is 0.391 e. The number of rotatable bonds is 5. The highest BCUT2D eigenvalue weighted by Crippen LogP contribution is 2.34. The summed E-state index contributed by atoms with van der Waals surface area (Å²) in [5.74, 6) is 0. The van der Waals surface area contributed by atoms with E-state index in [-0.39, 0.29) is 17.5 Å². The first-order valence-corrected chi connectivity index (χ1v) is 10.0. The summed E-state index contributed by atoms with van der Waals surface area (Å²) in [6, 6.07) is 1.60. The van der Waals surface area contributed by atoms with Crippen LogP contribution < -0.4 is 0 Å². The van der Waals surface area contributed by atoms with E-state index in [4.69, 9.17) is 5.11 Å². The number of piperidine rings is 1. The van der Waals surface area contributed by atoms with Crippen LogP contribution >= 0.6 is 27.3 Å². The normalized spacial score (nSPS) is 18.5. The molecule has 21 heavy (non-hydrogen) atoms. The van der Waals surface area contributed by atoms with Gasteiger partial charge in [-0.05, 0) is 54.5 Å². The summed E-state index contributed by atoms with van der Waals surface area (Å²) in [5.41, 5.74) is 0. The quantitative estimate of drug-likeness (QED) is 0.827. The maximum Gasteiger partial charge on any atom is 0.245 e. The molecule has 8 heteroatoms. The summed E-state index contributed by atoms with van der Waals surface area (Å²) in [6.07, 6.45) is 1.72. The van der Waals surface area contributed by atoms with Gasteiger partial charge in [-0.1, -0.05) is 6.92 Å². The molecule has 0 aromatic carbocycles. The molecule has 2 rings (SSSR count). The standard InChI is InChI=1S/C13H21BrN2O3S2/c1-3-16-6-4-10(5-7-16)15(2)21(18,19)12-8-11(9-17)20-13(12)14/h8,10,17H,3-7,9H2,1-2H3. The van der Waals surface area contributed by atoms with E-state index in [0.717, 1.165) is 32.5 Å². The Hall–Kier alpha value is 0.01000. The van der Waals surface area contributed by atoms with Crippen molar-refractivity contribution >= 4 is 37.3 Å². The second-order valence-electron chi connectivity index (χ2n) is 5.20. The summed E-state index contributed by atoms with van der Waals surface area (Å²) in [6.45, 7) is 4.87. The van der Waals surface area contributed by atoms with Crippen molar-refractivity contribution in [2.45, 2.75) is 37.3 Å². The molecular weight excluding hydrogens is 376 g/mol. The number of aliphatic hydroxyl groups is 1. The minimum absolute atomic E-state index is 0.0437. The van der Waals surface area contributed by atoms with Crippen LogP contribution in [0.1, 0.15) is 24.6 Å². The van der Waals surface area contributed by atoms with Gasteiger partial charge in [-0.2, -0.15) is 4.31 Å². The molecule has 0 aliphatic carbocycles. The highest BCUT2D eigenvalue weighted by molar-refractivity contribution is 9.11. The smallest absolute Gasteiger partial charge is 0.245 e. The SMILES string of the molecule is CCN1CCC(N(C)S(=O)(=O)c2cc(CO)sc2Br)CC1. The molecule has 0 radical (unpaired) electrons. The van der Waals surface area contributed by atoms with Crippen molar-refractivity contribution in [3.63, 3.8) is 0 Å². The molecule has 1 fully saturated rings. The summed E-state index contributed by atoms with van der Waals surface area (Å²) in [7, 11) is -1.86. The number of sulfonamides is 1. The molecular formula is C13H21BrN2O3S2. The molecule has 0 spiro atoms. The van der Waals surface area contributed by atoms with Crippen molar-refractivity contribution in [1.82, 2.24) is 9.21 Å². The zero-order chi connectivity index (χ0) is 15.6. The van der Waals surface area contributed by atoms with E-state index in [0.29, 0.717) is 8.66 Å². The number of aliphatic hydroxyl groups excluding tert-OH is 1. The van der Waals surface area contributed by atoms with Crippen molar-refractivity contribution in [2.75, 3.05) is 26.7 Å². The molecule has 1 saturated heterocycles. The lowest BCUT2D eigenvalue weighted by Crippen LogP contribution is -2.45. The van der Waals surface area contributed by atoms with E-state index in [9.17, 15) is 8.42 Å². The Bertz CT molecular complexity index is 580. The van der Waals surface area contributed by atoms with E-state index in [1.165, 1.54) is 15.6 Å². The molecule has 0 saturated carbocycles. The topological polar surface area (TPSA) is 60.9 Å². The maximum absolute atomic E-state index is 12.7.